The topological polar surface area (TPSA) is 140 Å². The molecule has 2 rings (SSSR count). The third-order valence-corrected chi connectivity index (χ3v) is 4.92. The molecule has 1 unspecified atom stereocenters. The van der Waals surface area contributed by atoms with Gasteiger partial charge in [-0.1, -0.05) is 0 Å². The molecule has 1 aliphatic rings. The van der Waals surface area contributed by atoms with Gasteiger partial charge in [0.05, 0.1) is 19.9 Å². The van der Waals surface area contributed by atoms with Crippen molar-refractivity contribution in [1.82, 2.24) is 14.7 Å². The molecule has 1 atom stereocenters. The van der Waals surface area contributed by atoms with Gasteiger partial charge in [0, 0.05) is 12.6 Å². The van der Waals surface area contributed by atoms with Gasteiger partial charge in [-0.2, -0.15) is 13.5 Å². The number of rotatable bonds is 6. The number of carboxylic acid groups (broad SMARTS) is 1. The summed E-state index contributed by atoms with van der Waals surface area (Å²) in [7, 11) is -1.46. The van der Waals surface area contributed by atoms with E-state index in [2.05, 4.69) is 9.28 Å². The van der Waals surface area contributed by atoms with E-state index in [-0.39, 0.29) is 23.8 Å². The van der Waals surface area contributed by atoms with E-state index < -0.39 is 28.1 Å². The predicted molar refractivity (Wildman–Crippen MR) is 103 cm³/mol. The van der Waals surface area contributed by atoms with E-state index in [1.54, 1.807) is 45.0 Å². The molecule has 3 N–H and O–H groups in total. The molecule has 156 valence electrons. The van der Waals surface area contributed by atoms with Crippen molar-refractivity contribution in [3.8, 4) is 0 Å². The van der Waals surface area contributed by atoms with E-state index in [9.17, 15) is 18.3 Å². The van der Waals surface area contributed by atoms with Crippen molar-refractivity contribution in [3.63, 3.8) is 0 Å². The first-order valence-electron chi connectivity index (χ1n) is 8.32. The molecule has 28 heavy (non-hydrogen) atoms. The van der Waals surface area contributed by atoms with Gasteiger partial charge in [-0.15, -0.1) is 0 Å². The van der Waals surface area contributed by atoms with Gasteiger partial charge in [0.25, 0.3) is 0 Å². The molecule has 1 aromatic heterocycles. The van der Waals surface area contributed by atoms with Crippen LogP contribution in [0.5, 0.6) is 0 Å². The summed E-state index contributed by atoms with van der Waals surface area (Å²) in [6.07, 6.45) is 5.06. The van der Waals surface area contributed by atoms with Crippen molar-refractivity contribution in [1.29, 1.82) is 0 Å². The van der Waals surface area contributed by atoms with Crippen LogP contribution in [0.25, 0.3) is 0 Å². The Balaban J connectivity index is 2.34. The van der Waals surface area contributed by atoms with E-state index in [4.69, 9.17) is 9.92 Å². The number of nitrogens with zero attached hydrogens (tertiary/aromatic N) is 4. The van der Waals surface area contributed by atoms with Gasteiger partial charge in [0.1, 0.15) is 23.3 Å². The number of hydrogen-bond donors (Lipinski definition) is 2. The Kier molecular flexibility index (Phi) is 5.94. The zero-order valence-corrected chi connectivity index (χ0v) is 17.2. The molecular weight excluding hydrogens is 390 g/mol. The van der Waals surface area contributed by atoms with E-state index in [0.29, 0.717) is 0 Å². The maximum atomic E-state index is 11.7. The lowest BCUT2D eigenvalue weighted by Crippen LogP contribution is -2.45. The third-order valence-electron chi connectivity index (χ3n) is 4.11. The summed E-state index contributed by atoms with van der Waals surface area (Å²) in [6.45, 7) is 5.33. The molecule has 12 heteroatoms. The Morgan fingerprint density at radius 3 is 2.61 bits per heavy atom. The minimum Gasteiger partial charge on any atom is -0.465 e. The Morgan fingerprint density at radius 2 is 2.07 bits per heavy atom. The van der Waals surface area contributed by atoms with Crippen molar-refractivity contribution < 1.29 is 26.7 Å². The minimum absolute atomic E-state index is 0.120. The fourth-order valence-electron chi connectivity index (χ4n) is 2.76. The molecule has 0 saturated carbocycles. The second-order valence-electron chi connectivity index (χ2n) is 7.14. The van der Waals surface area contributed by atoms with Crippen LogP contribution < -0.4 is 10.6 Å². The van der Waals surface area contributed by atoms with Crippen LogP contribution in [0.4, 0.5) is 16.3 Å². The Labute approximate surface area is 163 Å². The maximum absolute atomic E-state index is 11.7. The van der Waals surface area contributed by atoms with Crippen LogP contribution in [0, 0.1) is 0 Å². The highest BCUT2D eigenvalue weighted by molar-refractivity contribution is 7.82. The number of amides is 1. The molecule has 0 bridgehead atoms. The van der Waals surface area contributed by atoms with Gasteiger partial charge < -0.3 is 19.9 Å². The fraction of sp³-hybridized carbons (Fsp3) is 0.500. The Bertz CT molecular complexity index is 899. The molecule has 1 amide bonds. The molecule has 0 aliphatic carbocycles. The number of nitrogen functional groups attached to an aromatic ring is 1. The summed E-state index contributed by atoms with van der Waals surface area (Å²) >= 11 is 0. The monoisotopic (exact) mass is 415 g/mol. The summed E-state index contributed by atoms with van der Waals surface area (Å²) < 4.78 is 34.1. The zero-order chi connectivity index (χ0) is 21.3. The second kappa shape index (κ2) is 7.72. The number of likely N-dealkylation sites (N-methyl/N-ethyl adjacent to an activating group) is 1. The largest absolute Gasteiger partial charge is 0.465 e. The number of aromatic nitrogens is 2. The first kappa shape index (κ1) is 21.6. The van der Waals surface area contributed by atoms with Gasteiger partial charge in [-0.05, 0) is 39.1 Å². The molecule has 1 aliphatic heterocycles. The van der Waals surface area contributed by atoms with Gasteiger partial charge in [0.2, 0.25) is 0 Å². The van der Waals surface area contributed by atoms with Crippen LogP contribution in [0.15, 0.2) is 30.3 Å². The fourth-order valence-corrected chi connectivity index (χ4v) is 3.23. The average molecular weight is 415 g/mol. The number of anilines is 2. The number of carbonyl (C=O) groups is 1. The SMILES string of the molecule is COS(=O)(=O)OC1=CC=CN(C)C1Cn1ncc(N(C(=O)O)C(C)(C)C)c1N. The molecular formula is C16H25N5O6S. The van der Waals surface area contributed by atoms with E-state index in [1.165, 1.54) is 17.0 Å². The normalized spacial score (nSPS) is 17.4. The van der Waals surface area contributed by atoms with E-state index in [1.807, 2.05) is 0 Å². The highest BCUT2D eigenvalue weighted by Crippen LogP contribution is 2.30. The number of allylic oxidation sites excluding steroid dienone is 2. The number of hydrogen-bond acceptors (Lipinski definition) is 8. The van der Waals surface area contributed by atoms with Crippen molar-refractivity contribution >= 4 is 28.0 Å². The Morgan fingerprint density at radius 1 is 1.43 bits per heavy atom. The van der Waals surface area contributed by atoms with Crippen LogP contribution in [-0.4, -0.2) is 60.0 Å². The molecule has 0 radical (unpaired) electrons. The summed E-state index contributed by atoms with van der Waals surface area (Å²) in [5.74, 6) is 0.253. The predicted octanol–water partition coefficient (Wildman–Crippen LogP) is 1.37. The standard InChI is InChI=1S/C16H25N5O6S/c1-16(2,3)21(15(22)23)11-9-18-20(14(11)17)10-12-13(7-6-8-19(12)4)27-28(24,25)26-5/h6-9,12H,10,17H2,1-5H3,(H,22,23). The van der Waals surface area contributed by atoms with Crippen molar-refractivity contribution in [2.75, 3.05) is 24.8 Å². The lowest BCUT2D eigenvalue weighted by Gasteiger charge is -2.33. The van der Waals surface area contributed by atoms with E-state index in [0.717, 1.165) is 12.0 Å². The molecule has 0 fully saturated rings. The first-order chi connectivity index (χ1) is 12.9. The van der Waals surface area contributed by atoms with Gasteiger partial charge in [-0.3, -0.25) is 4.90 Å². The molecule has 0 spiro atoms. The van der Waals surface area contributed by atoms with E-state index >= 15 is 0 Å². The minimum atomic E-state index is -4.19. The van der Waals surface area contributed by atoms with Crippen molar-refractivity contribution in [2.45, 2.75) is 38.9 Å². The van der Waals surface area contributed by atoms with Crippen LogP contribution in [0.3, 0.4) is 0 Å². The van der Waals surface area contributed by atoms with Crippen LogP contribution in [0.1, 0.15) is 20.8 Å². The average Bonchev–Trinajstić information content (AvgIpc) is 2.90. The summed E-state index contributed by atoms with van der Waals surface area (Å²) in [5.41, 5.74) is 5.66. The molecule has 11 nitrogen and oxygen atoms in total. The van der Waals surface area contributed by atoms with Crippen molar-refractivity contribution in [2.24, 2.45) is 0 Å². The van der Waals surface area contributed by atoms with Crippen LogP contribution in [0.2, 0.25) is 0 Å². The summed E-state index contributed by atoms with van der Waals surface area (Å²) in [4.78, 5) is 14.5. The smallest absolute Gasteiger partial charge is 0.448 e. The van der Waals surface area contributed by atoms with Crippen molar-refractivity contribution in [3.05, 3.63) is 30.3 Å². The quantitative estimate of drug-likeness (QED) is 0.704. The second-order valence-corrected chi connectivity index (χ2v) is 8.45. The van der Waals surface area contributed by atoms with Gasteiger partial charge in [0.15, 0.2) is 0 Å². The maximum Gasteiger partial charge on any atom is 0.448 e. The van der Waals surface area contributed by atoms with Gasteiger partial charge >= 0.3 is 16.5 Å². The van der Waals surface area contributed by atoms with Gasteiger partial charge in [-0.25, -0.2) is 13.7 Å². The lowest BCUT2D eigenvalue weighted by atomic mass is 10.1. The molecule has 0 aromatic carbocycles. The summed E-state index contributed by atoms with van der Waals surface area (Å²) in [5, 5.41) is 13.7. The molecule has 1 aromatic rings. The third kappa shape index (κ3) is 4.57. The molecule has 0 saturated heterocycles. The first-order valence-corrected chi connectivity index (χ1v) is 9.65. The lowest BCUT2D eigenvalue weighted by molar-refractivity contribution is 0.195. The Hall–Kier alpha value is -2.73. The highest BCUT2D eigenvalue weighted by Gasteiger charge is 2.33. The zero-order valence-electron chi connectivity index (χ0n) is 16.4. The summed E-state index contributed by atoms with van der Waals surface area (Å²) in [6, 6.07) is -0.558. The number of nitrogens with two attached hydrogens (primary N) is 1. The van der Waals surface area contributed by atoms with Crippen LogP contribution >= 0.6 is 0 Å². The highest BCUT2D eigenvalue weighted by atomic mass is 32.3. The molecule has 2 heterocycles. The van der Waals surface area contributed by atoms with Crippen LogP contribution in [-0.2, 0) is 25.3 Å².